The van der Waals surface area contributed by atoms with Crippen molar-refractivity contribution in [1.82, 2.24) is 10.6 Å². The van der Waals surface area contributed by atoms with Crippen LogP contribution in [0.25, 0.3) is 0 Å². The van der Waals surface area contributed by atoms with Crippen LogP contribution in [0.1, 0.15) is 28.8 Å². The molecule has 1 heterocycles. The van der Waals surface area contributed by atoms with Crippen LogP contribution in [-0.4, -0.2) is 32.1 Å². The third kappa shape index (κ3) is 3.55. The van der Waals surface area contributed by atoms with E-state index in [2.05, 4.69) is 10.6 Å². The fraction of sp³-hybridized carbons (Fsp3) is 0.500. The number of hydrogen-bond donors (Lipinski definition) is 2. The molecule has 0 spiro atoms. The maximum absolute atomic E-state index is 12.0. The number of carbonyl (C=O) groups is 1. The van der Waals surface area contributed by atoms with Crippen LogP contribution in [0.4, 0.5) is 0 Å². The molecule has 1 aliphatic rings. The Labute approximate surface area is 108 Å². The third-order valence-corrected chi connectivity index (χ3v) is 3.20. The molecule has 0 saturated carbocycles. The van der Waals surface area contributed by atoms with Crippen LogP contribution in [0.2, 0.25) is 0 Å². The Kier molecular flexibility index (Phi) is 4.73. The van der Waals surface area contributed by atoms with Gasteiger partial charge in [-0.25, -0.2) is 0 Å². The van der Waals surface area contributed by atoms with Gasteiger partial charge in [0.2, 0.25) is 0 Å². The molecule has 98 valence electrons. The number of carbonyl (C=O) groups excluding carboxylic acids is 1. The minimum absolute atomic E-state index is 0.0193. The molecule has 1 saturated heterocycles. The predicted molar refractivity (Wildman–Crippen MR) is 70.5 cm³/mol. The maximum atomic E-state index is 12.0. The number of rotatable bonds is 4. The molecule has 4 nitrogen and oxygen atoms in total. The number of methoxy groups -OCH3 is 1. The molecular weight excluding hydrogens is 228 g/mol. The van der Waals surface area contributed by atoms with Crippen molar-refractivity contribution in [3.8, 4) is 0 Å². The summed E-state index contributed by atoms with van der Waals surface area (Å²) in [7, 11) is 1.66. The lowest BCUT2D eigenvalue weighted by molar-refractivity contribution is 0.0929. The van der Waals surface area contributed by atoms with Crippen molar-refractivity contribution in [2.24, 2.45) is 0 Å². The lowest BCUT2D eigenvalue weighted by Gasteiger charge is -2.23. The lowest BCUT2D eigenvalue weighted by Crippen LogP contribution is -2.42. The summed E-state index contributed by atoms with van der Waals surface area (Å²) in [5, 5.41) is 6.36. The molecule has 0 bridgehead atoms. The third-order valence-electron chi connectivity index (χ3n) is 3.20. The molecule has 0 atom stereocenters. The fourth-order valence-electron chi connectivity index (χ4n) is 2.15. The van der Waals surface area contributed by atoms with Gasteiger partial charge in [0.05, 0.1) is 6.61 Å². The van der Waals surface area contributed by atoms with E-state index >= 15 is 0 Å². The number of piperidine rings is 1. The van der Waals surface area contributed by atoms with Crippen molar-refractivity contribution < 1.29 is 9.53 Å². The molecule has 2 N–H and O–H groups in total. The molecule has 1 amide bonds. The van der Waals surface area contributed by atoms with E-state index in [0.717, 1.165) is 31.5 Å². The van der Waals surface area contributed by atoms with E-state index in [1.165, 1.54) is 0 Å². The molecule has 1 fully saturated rings. The second-order valence-corrected chi connectivity index (χ2v) is 4.63. The quantitative estimate of drug-likeness (QED) is 0.845. The van der Waals surface area contributed by atoms with E-state index in [4.69, 9.17) is 4.74 Å². The van der Waals surface area contributed by atoms with E-state index in [9.17, 15) is 4.79 Å². The van der Waals surface area contributed by atoms with Crippen LogP contribution in [0, 0.1) is 0 Å². The number of benzene rings is 1. The first-order chi connectivity index (χ1) is 8.79. The zero-order valence-electron chi connectivity index (χ0n) is 10.7. The van der Waals surface area contributed by atoms with Crippen molar-refractivity contribution in [2.75, 3.05) is 20.2 Å². The van der Waals surface area contributed by atoms with Crippen molar-refractivity contribution >= 4 is 5.91 Å². The van der Waals surface area contributed by atoms with Crippen LogP contribution in [-0.2, 0) is 11.3 Å². The number of amides is 1. The normalized spacial score (nSPS) is 16.5. The van der Waals surface area contributed by atoms with Gasteiger partial charge in [-0.2, -0.15) is 0 Å². The van der Waals surface area contributed by atoms with E-state index in [1.54, 1.807) is 7.11 Å². The van der Waals surface area contributed by atoms with E-state index in [1.807, 2.05) is 24.3 Å². The first kappa shape index (κ1) is 13.1. The molecule has 1 aliphatic heterocycles. The summed E-state index contributed by atoms with van der Waals surface area (Å²) in [6.45, 7) is 2.55. The molecule has 0 radical (unpaired) electrons. The number of ether oxygens (including phenoxy) is 1. The highest BCUT2D eigenvalue weighted by molar-refractivity contribution is 5.94. The Morgan fingerprint density at radius 3 is 2.61 bits per heavy atom. The first-order valence-corrected chi connectivity index (χ1v) is 6.39. The van der Waals surface area contributed by atoms with Crippen molar-refractivity contribution in [1.29, 1.82) is 0 Å². The van der Waals surface area contributed by atoms with Crippen molar-refractivity contribution in [3.63, 3.8) is 0 Å². The lowest BCUT2D eigenvalue weighted by atomic mass is 10.1. The van der Waals surface area contributed by atoms with E-state index < -0.39 is 0 Å². The Morgan fingerprint density at radius 2 is 2.00 bits per heavy atom. The summed E-state index contributed by atoms with van der Waals surface area (Å²) in [4.78, 5) is 12.0. The van der Waals surface area contributed by atoms with Crippen LogP contribution in [0.5, 0.6) is 0 Å². The molecule has 1 aromatic carbocycles. The van der Waals surface area contributed by atoms with Crippen molar-refractivity contribution in [2.45, 2.75) is 25.5 Å². The molecule has 0 aliphatic carbocycles. The van der Waals surface area contributed by atoms with Crippen molar-refractivity contribution in [3.05, 3.63) is 35.4 Å². The topological polar surface area (TPSA) is 50.4 Å². The van der Waals surface area contributed by atoms with Gasteiger partial charge in [0.1, 0.15) is 0 Å². The van der Waals surface area contributed by atoms with Gasteiger partial charge in [-0.3, -0.25) is 4.79 Å². The van der Waals surface area contributed by atoms with Crippen LogP contribution in [0.3, 0.4) is 0 Å². The summed E-state index contributed by atoms with van der Waals surface area (Å²) in [6, 6.07) is 7.87. The highest BCUT2D eigenvalue weighted by Crippen LogP contribution is 2.08. The average molecular weight is 248 g/mol. The number of nitrogens with one attached hydrogen (secondary N) is 2. The highest BCUT2D eigenvalue weighted by Gasteiger charge is 2.16. The van der Waals surface area contributed by atoms with Gasteiger partial charge in [0.25, 0.3) is 5.91 Å². The van der Waals surface area contributed by atoms with Crippen LogP contribution >= 0.6 is 0 Å². The molecule has 18 heavy (non-hydrogen) atoms. The van der Waals surface area contributed by atoms with E-state index in [0.29, 0.717) is 18.2 Å². The second-order valence-electron chi connectivity index (χ2n) is 4.63. The summed E-state index contributed by atoms with van der Waals surface area (Å²) in [6.07, 6.45) is 2.01. The van der Waals surface area contributed by atoms with E-state index in [-0.39, 0.29) is 5.91 Å². The Balaban J connectivity index is 1.91. The van der Waals surface area contributed by atoms with Crippen LogP contribution < -0.4 is 10.6 Å². The van der Waals surface area contributed by atoms with Gasteiger partial charge < -0.3 is 15.4 Å². The molecule has 2 rings (SSSR count). The first-order valence-electron chi connectivity index (χ1n) is 6.39. The second kappa shape index (κ2) is 6.52. The SMILES string of the molecule is COCc1ccc(C(=O)NC2CCNCC2)cc1. The highest BCUT2D eigenvalue weighted by atomic mass is 16.5. The zero-order valence-corrected chi connectivity index (χ0v) is 10.7. The maximum Gasteiger partial charge on any atom is 0.251 e. The average Bonchev–Trinajstić information content (AvgIpc) is 2.41. The van der Waals surface area contributed by atoms with Crippen LogP contribution in [0.15, 0.2) is 24.3 Å². The summed E-state index contributed by atoms with van der Waals surface area (Å²) < 4.78 is 5.04. The fourth-order valence-corrected chi connectivity index (χ4v) is 2.15. The molecule has 0 unspecified atom stereocenters. The summed E-state index contributed by atoms with van der Waals surface area (Å²) in [5.74, 6) is 0.0193. The molecular formula is C14H20N2O2. The summed E-state index contributed by atoms with van der Waals surface area (Å²) >= 11 is 0. The predicted octanol–water partition coefficient (Wildman–Crippen LogP) is 1.31. The molecule has 0 aromatic heterocycles. The largest absolute Gasteiger partial charge is 0.380 e. The van der Waals surface area contributed by atoms with Gasteiger partial charge >= 0.3 is 0 Å². The minimum Gasteiger partial charge on any atom is -0.380 e. The molecule has 4 heteroatoms. The standard InChI is InChI=1S/C14H20N2O2/c1-18-10-11-2-4-12(5-3-11)14(17)16-13-6-8-15-9-7-13/h2-5,13,15H,6-10H2,1H3,(H,16,17). The van der Waals surface area contributed by atoms with Gasteiger partial charge in [0, 0.05) is 18.7 Å². The zero-order chi connectivity index (χ0) is 12.8. The number of hydrogen-bond acceptors (Lipinski definition) is 3. The Bertz CT molecular complexity index is 383. The van der Waals surface area contributed by atoms with Gasteiger partial charge in [-0.1, -0.05) is 12.1 Å². The van der Waals surface area contributed by atoms with Gasteiger partial charge in [-0.15, -0.1) is 0 Å². The Hall–Kier alpha value is -1.39. The smallest absolute Gasteiger partial charge is 0.251 e. The summed E-state index contributed by atoms with van der Waals surface area (Å²) in [5.41, 5.74) is 1.80. The van der Waals surface area contributed by atoms with Gasteiger partial charge in [-0.05, 0) is 43.6 Å². The van der Waals surface area contributed by atoms with Gasteiger partial charge in [0.15, 0.2) is 0 Å². The monoisotopic (exact) mass is 248 g/mol. The minimum atomic E-state index is 0.0193. The Morgan fingerprint density at radius 1 is 1.33 bits per heavy atom. The molecule has 1 aromatic rings.